The zero-order valence-corrected chi connectivity index (χ0v) is 16.1. The van der Waals surface area contributed by atoms with Crippen LogP contribution in [0.25, 0.3) is 0 Å². The molecule has 2 atom stereocenters. The molecule has 0 bridgehead atoms. The van der Waals surface area contributed by atoms with Gasteiger partial charge in [0, 0.05) is 45.7 Å². The van der Waals surface area contributed by atoms with Gasteiger partial charge in [0.2, 0.25) is 17.7 Å². The smallest absolute Gasteiger partial charge is 0.233 e. The van der Waals surface area contributed by atoms with Gasteiger partial charge in [-0.2, -0.15) is 0 Å². The van der Waals surface area contributed by atoms with E-state index in [4.69, 9.17) is 0 Å². The lowest BCUT2D eigenvalue weighted by Crippen LogP contribution is -2.49. The highest BCUT2D eigenvalue weighted by molar-refractivity contribution is 6.05. The first kappa shape index (κ1) is 18.9. The van der Waals surface area contributed by atoms with Crippen LogP contribution in [0.1, 0.15) is 24.8 Å². The molecule has 2 unspecified atom stereocenters. The van der Waals surface area contributed by atoms with Crippen molar-refractivity contribution >= 4 is 17.7 Å². The fraction of sp³-hybridized carbons (Fsp3) is 0.500. The number of likely N-dealkylation sites (tertiary alicyclic amines) is 1. The number of allylic oxidation sites excluding steroid dienone is 2. The number of nitrogens with zero attached hydrogens (tertiary/aromatic N) is 3. The van der Waals surface area contributed by atoms with E-state index in [1.807, 2.05) is 35.3 Å². The standard InChI is InChI=1S/C22H27N3O3/c26-20(10-11-25-21(27)18-8-4-5-9-19(18)22(25)28)24-14-12-23(13-15-24)16-17-6-2-1-3-7-17/h1-7,18-19H,8-16H2. The van der Waals surface area contributed by atoms with Crippen molar-refractivity contribution in [2.75, 3.05) is 32.7 Å². The Hall–Kier alpha value is -2.47. The lowest BCUT2D eigenvalue weighted by molar-refractivity contribution is -0.141. The van der Waals surface area contributed by atoms with Crippen molar-refractivity contribution in [2.24, 2.45) is 11.8 Å². The molecule has 1 aliphatic carbocycles. The summed E-state index contributed by atoms with van der Waals surface area (Å²) >= 11 is 0. The number of rotatable bonds is 5. The van der Waals surface area contributed by atoms with E-state index < -0.39 is 0 Å². The second-order valence-electron chi connectivity index (χ2n) is 7.88. The summed E-state index contributed by atoms with van der Waals surface area (Å²) in [7, 11) is 0. The fourth-order valence-corrected chi connectivity index (χ4v) is 4.45. The molecule has 6 nitrogen and oxygen atoms in total. The Kier molecular flexibility index (Phi) is 5.57. The van der Waals surface area contributed by atoms with Gasteiger partial charge in [0.1, 0.15) is 0 Å². The maximum atomic E-state index is 12.6. The second kappa shape index (κ2) is 8.27. The van der Waals surface area contributed by atoms with Crippen LogP contribution in [0.3, 0.4) is 0 Å². The third-order valence-corrected chi connectivity index (χ3v) is 6.12. The van der Waals surface area contributed by atoms with Crippen molar-refractivity contribution < 1.29 is 14.4 Å². The van der Waals surface area contributed by atoms with Crippen LogP contribution in [0.5, 0.6) is 0 Å². The molecular formula is C22H27N3O3. The van der Waals surface area contributed by atoms with E-state index >= 15 is 0 Å². The zero-order valence-electron chi connectivity index (χ0n) is 16.1. The van der Waals surface area contributed by atoms with Crippen molar-refractivity contribution in [2.45, 2.75) is 25.8 Å². The topological polar surface area (TPSA) is 60.9 Å². The Morgan fingerprint density at radius 3 is 2.11 bits per heavy atom. The Morgan fingerprint density at radius 2 is 1.50 bits per heavy atom. The lowest BCUT2D eigenvalue weighted by Gasteiger charge is -2.35. The number of piperazine rings is 1. The minimum atomic E-state index is -0.214. The molecule has 0 radical (unpaired) electrons. The Bertz CT molecular complexity index is 742. The van der Waals surface area contributed by atoms with Crippen LogP contribution in [-0.4, -0.2) is 65.1 Å². The van der Waals surface area contributed by atoms with Crippen molar-refractivity contribution in [3.8, 4) is 0 Å². The molecule has 2 fully saturated rings. The van der Waals surface area contributed by atoms with Crippen molar-refractivity contribution in [3.63, 3.8) is 0 Å². The molecule has 1 aromatic carbocycles. The third-order valence-electron chi connectivity index (χ3n) is 6.12. The minimum absolute atomic E-state index is 0.0351. The van der Waals surface area contributed by atoms with Gasteiger partial charge in [0.25, 0.3) is 0 Å². The van der Waals surface area contributed by atoms with Crippen LogP contribution >= 0.6 is 0 Å². The summed E-state index contributed by atoms with van der Waals surface area (Å²) in [4.78, 5) is 43.1. The molecule has 28 heavy (non-hydrogen) atoms. The summed E-state index contributed by atoms with van der Waals surface area (Å²) in [6.45, 7) is 4.20. The van der Waals surface area contributed by atoms with Crippen molar-refractivity contribution in [3.05, 3.63) is 48.0 Å². The van der Waals surface area contributed by atoms with Crippen LogP contribution in [0.2, 0.25) is 0 Å². The van der Waals surface area contributed by atoms with E-state index in [1.54, 1.807) is 0 Å². The van der Waals surface area contributed by atoms with Gasteiger partial charge in [-0.05, 0) is 18.4 Å². The largest absolute Gasteiger partial charge is 0.340 e. The first-order valence-corrected chi connectivity index (χ1v) is 10.2. The van der Waals surface area contributed by atoms with Crippen molar-refractivity contribution in [1.82, 2.24) is 14.7 Å². The van der Waals surface area contributed by atoms with Crippen molar-refractivity contribution in [1.29, 1.82) is 0 Å². The highest BCUT2D eigenvalue weighted by Gasteiger charge is 2.47. The Morgan fingerprint density at radius 1 is 0.893 bits per heavy atom. The molecule has 4 rings (SSSR count). The van der Waals surface area contributed by atoms with Gasteiger partial charge in [-0.25, -0.2) is 0 Å². The predicted molar refractivity (Wildman–Crippen MR) is 105 cm³/mol. The zero-order chi connectivity index (χ0) is 19.5. The molecule has 0 N–H and O–H groups in total. The second-order valence-corrected chi connectivity index (χ2v) is 7.88. The SMILES string of the molecule is O=C(CCN1C(=O)C2CC=CCC2C1=O)N1CCN(Cc2ccccc2)CC1. The number of benzene rings is 1. The molecule has 2 saturated heterocycles. The number of hydrogen-bond acceptors (Lipinski definition) is 4. The van der Waals surface area contributed by atoms with Crippen LogP contribution in [0.4, 0.5) is 0 Å². The van der Waals surface area contributed by atoms with Crippen LogP contribution in [0, 0.1) is 11.8 Å². The van der Waals surface area contributed by atoms with E-state index in [-0.39, 0.29) is 42.5 Å². The molecule has 148 valence electrons. The van der Waals surface area contributed by atoms with Gasteiger partial charge in [0.15, 0.2) is 0 Å². The van der Waals surface area contributed by atoms with E-state index in [0.717, 1.165) is 19.6 Å². The number of carbonyl (C=O) groups excluding carboxylic acids is 3. The molecule has 1 aromatic rings. The van der Waals surface area contributed by atoms with E-state index in [0.29, 0.717) is 25.9 Å². The molecule has 0 aromatic heterocycles. The fourth-order valence-electron chi connectivity index (χ4n) is 4.45. The quantitative estimate of drug-likeness (QED) is 0.575. The van der Waals surface area contributed by atoms with E-state index in [9.17, 15) is 14.4 Å². The molecule has 0 saturated carbocycles. The summed E-state index contributed by atoms with van der Waals surface area (Å²) in [6, 6.07) is 10.3. The number of fused-ring (bicyclic) bond motifs is 1. The van der Waals surface area contributed by atoms with Gasteiger partial charge in [-0.1, -0.05) is 42.5 Å². The molecular weight excluding hydrogens is 354 g/mol. The van der Waals surface area contributed by atoms with Crippen LogP contribution in [0.15, 0.2) is 42.5 Å². The lowest BCUT2D eigenvalue weighted by atomic mass is 9.85. The van der Waals surface area contributed by atoms with Crippen LogP contribution < -0.4 is 0 Å². The van der Waals surface area contributed by atoms with Gasteiger partial charge in [-0.3, -0.25) is 24.2 Å². The first-order chi connectivity index (χ1) is 13.6. The average molecular weight is 381 g/mol. The molecule has 2 aliphatic heterocycles. The number of imide groups is 1. The number of amides is 3. The van der Waals surface area contributed by atoms with Crippen LogP contribution in [-0.2, 0) is 20.9 Å². The Labute approximate surface area is 165 Å². The Balaban J connectivity index is 1.24. The van der Waals surface area contributed by atoms with Gasteiger partial charge >= 0.3 is 0 Å². The van der Waals surface area contributed by atoms with Gasteiger partial charge in [0.05, 0.1) is 11.8 Å². The highest BCUT2D eigenvalue weighted by Crippen LogP contribution is 2.35. The molecule has 3 aliphatic rings. The molecule has 0 spiro atoms. The molecule has 2 heterocycles. The summed E-state index contributed by atoms with van der Waals surface area (Å²) in [5, 5.41) is 0. The van der Waals surface area contributed by atoms with Gasteiger partial charge < -0.3 is 4.90 Å². The molecule has 3 amide bonds. The summed E-state index contributed by atoms with van der Waals surface area (Å²) in [6.07, 6.45) is 5.47. The van der Waals surface area contributed by atoms with Gasteiger partial charge in [-0.15, -0.1) is 0 Å². The minimum Gasteiger partial charge on any atom is -0.340 e. The first-order valence-electron chi connectivity index (χ1n) is 10.2. The summed E-state index contributed by atoms with van der Waals surface area (Å²) < 4.78 is 0. The third kappa shape index (κ3) is 3.87. The number of hydrogen-bond donors (Lipinski definition) is 0. The van der Waals surface area contributed by atoms with E-state index in [2.05, 4.69) is 17.0 Å². The normalized spacial score (nSPS) is 25.3. The monoisotopic (exact) mass is 381 g/mol. The average Bonchev–Trinajstić information content (AvgIpc) is 2.98. The number of carbonyl (C=O) groups is 3. The predicted octanol–water partition coefficient (Wildman–Crippen LogP) is 1.67. The summed E-state index contributed by atoms with van der Waals surface area (Å²) in [5.74, 6) is -0.587. The van der Waals surface area contributed by atoms with E-state index in [1.165, 1.54) is 10.5 Å². The maximum absolute atomic E-state index is 12.6. The molecule has 6 heteroatoms. The maximum Gasteiger partial charge on any atom is 0.233 e. The summed E-state index contributed by atoms with van der Waals surface area (Å²) in [5.41, 5.74) is 1.28. The highest BCUT2D eigenvalue weighted by atomic mass is 16.2.